The molecule has 1 aromatic carbocycles. The first-order valence-corrected chi connectivity index (χ1v) is 10.3. The van der Waals surface area contributed by atoms with Gasteiger partial charge in [-0.15, -0.1) is 0 Å². The number of amides is 1. The molecule has 2 heterocycles. The van der Waals surface area contributed by atoms with Gasteiger partial charge in [-0.3, -0.25) is 4.79 Å². The summed E-state index contributed by atoms with van der Waals surface area (Å²) in [5, 5.41) is 11.7. The second-order valence-electron chi connectivity index (χ2n) is 6.21. The van der Waals surface area contributed by atoms with Crippen LogP contribution in [0.1, 0.15) is 29.4 Å². The summed E-state index contributed by atoms with van der Waals surface area (Å²) in [6.07, 6.45) is 3.39. The minimum atomic E-state index is -3.00. The van der Waals surface area contributed by atoms with Gasteiger partial charge in [-0.1, -0.05) is 12.1 Å². The number of anilines is 2. The predicted molar refractivity (Wildman–Crippen MR) is 101 cm³/mol. The van der Waals surface area contributed by atoms with Crippen LogP contribution in [0.5, 0.6) is 0 Å². The molecule has 8 nitrogen and oxygen atoms in total. The fourth-order valence-corrected chi connectivity index (χ4v) is 4.82. The van der Waals surface area contributed by atoms with E-state index >= 15 is 0 Å². The van der Waals surface area contributed by atoms with Crippen LogP contribution in [0.2, 0.25) is 0 Å². The van der Waals surface area contributed by atoms with Gasteiger partial charge in [0.15, 0.2) is 9.84 Å². The second-order valence-corrected chi connectivity index (χ2v) is 8.44. The van der Waals surface area contributed by atoms with Crippen LogP contribution >= 0.6 is 0 Å². The maximum absolute atomic E-state index is 12.4. The molecule has 2 aromatic rings. The topological polar surface area (TPSA) is 116 Å². The summed E-state index contributed by atoms with van der Waals surface area (Å²) in [7, 11) is -3.00. The van der Waals surface area contributed by atoms with Gasteiger partial charge in [0, 0.05) is 12.6 Å². The first-order valence-electron chi connectivity index (χ1n) is 8.53. The van der Waals surface area contributed by atoms with E-state index in [0.29, 0.717) is 30.0 Å². The van der Waals surface area contributed by atoms with Gasteiger partial charge in [0.05, 0.1) is 35.2 Å². The van der Waals surface area contributed by atoms with Crippen molar-refractivity contribution in [1.29, 1.82) is 5.26 Å². The van der Waals surface area contributed by atoms with Crippen molar-refractivity contribution < 1.29 is 13.2 Å². The van der Waals surface area contributed by atoms with Crippen molar-refractivity contribution in [2.75, 3.05) is 28.3 Å². The number of nitrogens with zero attached hydrogens (tertiary/aromatic N) is 4. The van der Waals surface area contributed by atoms with Crippen LogP contribution in [-0.4, -0.2) is 48.4 Å². The highest BCUT2D eigenvalue weighted by Gasteiger charge is 2.32. The fraction of sp³-hybridized carbons (Fsp3) is 0.333. The van der Waals surface area contributed by atoms with Gasteiger partial charge in [0.1, 0.15) is 17.6 Å². The molecule has 140 valence electrons. The lowest BCUT2D eigenvalue weighted by Gasteiger charge is -2.27. The number of sulfone groups is 1. The van der Waals surface area contributed by atoms with E-state index in [9.17, 15) is 13.2 Å². The Morgan fingerprint density at radius 2 is 2.11 bits per heavy atom. The molecular formula is C18H19N5O3S. The van der Waals surface area contributed by atoms with E-state index in [4.69, 9.17) is 5.26 Å². The second kappa shape index (κ2) is 7.72. The van der Waals surface area contributed by atoms with Crippen LogP contribution in [0.3, 0.4) is 0 Å². The van der Waals surface area contributed by atoms with Gasteiger partial charge in [-0.05, 0) is 25.5 Å². The van der Waals surface area contributed by atoms with Crippen molar-refractivity contribution in [2.45, 2.75) is 19.4 Å². The van der Waals surface area contributed by atoms with Gasteiger partial charge in [0.2, 0.25) is 0 Å². The first-order chi connectivity index (χ1) is 12.9. The summed E-state index contributed by atoms with van der Waals surface area (Å²) in [5.74, 6) is 0.354. The van der Waals surface area contributed by atoms with Gasteiger partial charge < -0.3 is 10.2 Å². The molecule has 1 atom stereocenters. The number of nitrogens with one attached hydrogen (secondary N) is 1. The van der Waals surface area contributed by atoms with Crippen molar-refractivity contribution in [2.24, 2.45) is 0 Å². The average Bonchev–Trinajstić information content (AvgIpc) is 3.03. The molecule has 0 spiro atoms. The number of hydrogen-bond acceptors (Lipinski definition) is 7. The largest absolute Gasteiger partial charge is 0.352 e. The van der Waals surface area contributed by atoms with Gasteiger partial charge in [0.25, 0.3) is 5.91 Å². The third kappa shape index (κ3) is 4.23. The summed E-state index contributed by atoms with van der Waals surface area (Å²) in [4.78, 5) is 22.7. The van der Waals surface area contributed by atoms with E-state index in [1.165, 1.54) is 12.4 Å². The van der Waals surface area contributed by atoms with Crippen LogP contribution in [-0.2, 0) is 9.84 Å². The summed E-state index contributed by atoms with van der Waals surface area (Å²) < 4.78 is 23.4. The Hall–Kier alpha value is -2.99. The molecular weight excluding hydrogens is 366 g/mol. The molecule has 1 amide bonds. The Morgan fingerprint density at radius 1 is 1.33 bits per heavy atom. The highest BCUT2D eigenvalue weighted by atomic mass is 32.2. The highest BCUT2D eigenvalue weighted by molar-refractivity contribution is 7.91. The normalized spacial score (nSPS) is 17.9. The van der Waals surface area contributed by atoms with Gasteiger partial charge in [-0.25, -0.2) is 18.4 Å². The van der Waals surface area contributed by atoms with E-state index in [0.717, 1.165) is 0 Å². The standard InChI is InChI=1S/C18H19N5O3S/c1-2-23(14-7-8-27(25,26)12-14)17-11-20-16(10-21-17)18(24)22-15-6-4-3-5-13(15)9-19/h3-6,10-11,14H,2,7-8,12H2,1H3,(H,22,24). The number of nitriles is 1. The van der Waals surface area contributed by atoms with Gasteiger partial charge >= 0.3 is 0 Å². The Balaban J connectivity index is 1.74. The summed E-state index contributed by atoms with van der Waals surface area (Å²) in [5.41, 5.74) is 0.874. The van der Waals surface area contributed by atoms with E-state index in [1.54, 1.807) is 24.3 Å². The Bertz CT molecular complexity index is 983. The number of hydrogen-bond donors (Lipinski definition) is 1. The fourth-order valence-electron chi connectivity index (χ4n) is 3.09. The van der Waals surface area contributed by atoms with Crippen molar-refractivity contribution in [3.63, 3.8) is 0 Å². The third-order valence-corrected chi connectivity index (χ3v) is 6.20. The lowest BCUT2D eigenvalue weighted by Crippen LogP contribution is -2.36. The van der Waals surface area contributed by atoms with Crippen molar-refractivity contribution >= 4 is 27.2 Å². The van der Waals surface area contributed by atoms with E-state index in [-0.39, 0.29) is 23.2 Å². The van der Waals surface area contributed by atoms with Crippen LogP contribution in [0.4, 0.5) is 11.5 Å². The molecule has 27 heavy (non-hydrogen) atoms. The van der Waals surface area contributed by atoms with Gasteiger partial charge in [-0.2, -0.15) is 5.26 Å². The SMILES string of the molecule is CCN(c1cnc(C(=O)Nc2ccccc2C#N)cn1)C1CCS(=O)(=O)C1. The minimum Gasteiger partial charge on any atom is -0.352 e. The lowest BCUT2D eigenvalue weighted by molar-refractivity contribution is 0.102. The first kappa shape index (κ1) is 18.8. The van der Waals surface area contributed by atoms with E-state index in [2.05, 4.69) is 15.3 Å². The average molecular weight is 385 g/mol. The molecule has 9 heteroatoms. The zero-order chi connectivity index (χ0) is 19.4. The molecule has 1 N–H and O–H groups in total. The molecule has 1 fully saturated rings. The summed E-state index contributed by atoms with van der Waals surface area (Å²) in [6, 6.07) is 8.57. The third-order valence-electron chi connectivity index (χ3n) is 4.45. The molecule has 1 aliphatic heterocycles. The van der Waals surface area contributed by atoms with Crippen LogP contribution in [0, 0.1) is 11.3 Å². The van der Waals surface area contributed by atoms with Crippen molar-refractivity contribution in [3.8, 4) is 6.07 Å². The summed E-state index contributed by atoms with van der Waals surface area (Å²) >= 11 is 0. The number of aromatic nitrogens is 2. The maximum atomic E-state index is 12.4. The Morgan fingerprint density at radius 3 is 2.70 bits per heavy atom. The zero-order valence-corrected chi connectivity index (χ0v) is 15.6. The lowest BCUT2D eigenvalue weighted by atomic mass is 10.2. The quantitative estimate of drug-likeness (QED) is 0.831. The molecule has 1 aromatic heterocycles. The monoisotopic (exact) mass is 385 g/mol. The number of para-hydroxylation sites is 1. The Kier molecular flexibility index (Phi) is 5.37. The summed E-state index contributed by atoms with van der Waals surface area (Å²) in [6.45, 7) is 2.52. The van der Waals surface area contributed by atoms with Crippen LogP contribution < -0.4 is 10.2 Å². The van der Waals surface area contributed by atoms with Crippen molar-refractivity contribution in [3.05, 3.63) is 47.9 Å². The van der Waals surface area contributed by atoms with Crippen molar-refractivity contribution in [1.82, 2.24) is 9.97 Å². The molecule has 0 bridgehead atoms. The number of carbonyl (C=O) groups excluding carboxylic acids is 1. The Labute approximate surface area is 157 Å². The van der Waals surface area contributed by atoms with Crippen LogP contribution in [0.15, 0.2) is 36.7 Å². The maximum Gasteiger partial charge on any atom is 0.275 e. The predicted octanol–water partition coefficient (Wildman–Crippen LogP) is 1.61. The number of carbonyl (C=O) groups is 1. The molecule has 0 aliphatic carbocycles. The number of rotatable bonds is 5. The highest BCUT2D eigenvalue weighted by Crippen LogP contribution is 2.22. The molecule has 0 saturated carbocycles. The number of benzene rings is 1. The molecule has 0 radical (unpaired) electrons. The van der Waals surface area contributed by atoms with E-state index in [1.807, 2.05) is 17.9 Å². The smallest absolute Gasteiger partial charge is 0.275 e. The van der Waals surface area contributed by atoms with E-state index < -0.39 is 15.7 Å². The molecule has 1 unspecified atom stereocenters. The molecule has 3 rings (SSSR count). The minimum absolute atomic E-state index is 0.107. The molecule has 1 saturated heterocycles. The molecule has 1 aliphatic rings. The van der Waals surface area contributed by atoms with Crippen LogP contribution in [0.25, 0.3) is 0 Å². The zero-order valence-electron chi connectivity index (χ0n) is 14.8.